The Morgan fingerprint density at radius 1 is 1.11 bits per heavy atom. The molecule has 8 heteroatoms. The van der Waals surface area contributed by atoms with Crippen LogP contribution in [-0.4, -0.2) is 54.5 Å². The van der Waals surface area contributed by atoms with Crippen LogP contribution in [-0.2, 0) is 11.3 Å². The minimum atomic E-state index is -0.618. The molecular weight excluding hydrogens is 459 g/mol. The second-order valence-electron chi connectivity index (χ2n) is 10.0. The Morgan fingerprint density at radius 2 is 1.86 bits per heavy atom. The van der Waals surface area contributed by atoms with Gasteiger partial charge in [0.2, 0.25) is 0 Å². The molecule has 1 aliphatic carbocycles. The summed E-state index contributed by atoms with van der Waals surface area (Å²) in [6, 6.07) is 13.7. The van der Waals surface area contributed by atoms with E-state index in [1.165, 1.54) is 25.7 Å². The average Bonchev–Trinajstić information content (AvgIpc) is 3.15. The van der Waals surface area contributed by atoms with Gasteiger partial charge in [-0.3, -0.25) is 20.1 Å². The van der Waals surface area contributed by atoms with Crippen molar-refractivity contribution in [3.63, 3.8) is 0 Å². The third-order valence-corrected chi connectivity index (χ3v) is 7.69. The first-order valence-electron chi connectivity index (χ1n) is 12.8. The summed E-state index contributed by atoms with van der Waals surface area (Å²) < 4.78 is 19.0. The number of piperidine rings is 1. The molecule has 36 heavy (non-hydrogen) atoms. The van der Waals surface area contributed by atoms with Crippen LogP contribution in [0.3, 0.4) is 0 Å². The molecule has 0 radical (unpaired) electrons. The van der Waals surface area contributed by atoms with Gasteiger partial charge in [-0.25, -0.2) is 14.0 Å². The molecule has 0 bridgehead atoms. The van der Waals surface area contributed by atoms with Crippen molar-refractivity contribution in [2.24, 2.45) is 4.99 Å². The van der Waals surface area contributed by atoms with Gasteiger partial charge in [-0.1, -0.05) is 37.5 Å². The Morgan fingerprint density at radius 3 is 2.58 bits per heavy atom. The van der Waals surface area contributed by atoms with Gasteiger partial charge in [0.25, 0.3) is 0 Å². The summed E-state index contributed by atoms with van der Waals surface area (Å²) in [5.74, 6) is 0.0198. The number of halogens is 1. The van der Waals surface area contributed by atoms with Crippen LogP contribution in [0.1, 0.15) is 60.9 Å². The maximum atomic E-state index is 14.2. The quantitative estimate of drug-likeness (QED) is 0.602. The number of carbonyl (C=O) groups excluding carboxylic acids is 2. The van der Waals surface area contributed by atoms with Crippen molar-refractivity contribution in [3.8, 4) is 0 Å². The van der Waals surface area contributed by atoms with E-state index in [1.807, 2.05) is 18.2 Å². The van der Waals surface area contributed by atoms with E-state index in [0.29, 0.717) is 30.6 Å². The summed E-state index contributed by atoms with van der Waals surface area (Å²) in [6.07, 6.45) is 7.01. The lowest BCUT2D eigenvalue weighted by molar-refractivity contribution is 0.0600. The van der Waals surface area contributed by atoms with Crippen LogP contribution < -0.4 is 10.2 Å². The van der Waals surface area contributed by atoms with Crippen LogP contribution in [0.15, 0.2) is 53.5 Å². The van der Waals surface area contributed by atoms with Crippen molar-refractivity contribution in [1.82, 2.24) is 10.2 Å². The number of anilines is 1. The molecule has 2 heterocycles. The fourth-order valence-electron chi connectivity index (χ4n) is 5.81. The molecule has 1 N–H and O–H groups in total. The summed E-state index contributed by atoms with van der Waals surface area (Å²) in [5, 5.41) is 3.07. The van der Waals surface area contributed by atoms with Crippen molar-refractivity contribution >= 4 is 23.5 Å². The van der Waals surface area contributed by atoms with Gasteiger partial charge in [-0.2, -0.15) is 0 Å². The first-order chi connectivity index (χ1) is 17.5. The van der Waals surface area contributed by atoms with Crippen molar-refractivity contribution in [2.75, 3.05) is 25.1 Å². The number of carbonyl (C=O) groups is 2. The van der Waals surface area contributed by atoms with Crippen LogP contribution in [0.4, 0.5) is 14.9 Å². The number of hydrogen-bond acceptors (Lipinski definition) is 5. The first kappa shape index (κ1) is 24.4. The third-order valence-electron chi connectivity index (χ3n) is 7.69. The number of aliphatic imine (C=N–C) groups is 1. The number of esters is 1. The topological polar surface area (TPSA) is 74.2 Å². The van der Waals surface area contributed by atoms with Crippen molar-refractivity contribution in [3.05, 3.63) is 65.5 Å². The van der Waals surface area contributed by atoms with Crippen LogP contribution >= 0.6 is 0 Å². The highest BCUT2D eigenvalue weighted by molar-refractivity contribution is 6.19. The highest BCUT2D eigenvalue weighted by atomic mass is 19.1. The lowest BCUT2D eigenvalue weighted by atomic mass is 9.84. The number of likely N-dealkylation sites (tertiary alicyclic amines) is 1. The highest BCUT2D eigenvalue weighted by Crippen LogP contribution is 2.39. The number of methoxy groups -OCH3 is 1. The lowest BCUT2D eigenvalue weighted by Gasteiger charge is -2.44. The van der Waals surface area contributed by atoms with E-state index in [0.717, 1.165) is 50.2 Å². The average molecular weight is 493 g/mol. The molecule has 7 nitrogen and oxygen atoms in total. The molecule has 0 atom stereocenters. The lowest BCUT2D eigenvalue weighted by Crippen LogP contribution is -2.57. The second kappa shape index (κ2) is 10.4. The Balaban J connectivity index is 1.40. The molecule has 0 unspecified atom stereocenters. The second-order valence-corrected chi connectivity index (χ2v) is 10.0. The van der Waals surface area contributed by atoms with Crippen LogP contribution in [0, 0.1) is 5.82 Å². The van der Waals surface area contributed by atoms with Crippen LogP contribution in [0.2, 0.25) is 0 Å². The minimum Gasteiger partial charge on any atom is -0.465 e. The predicted molar refractivity (Wildman–Crippen MR) is 137 cm³/mol. The third kappa shape index (κ3) is 4.87. The maximum absolute atomic E-state index is 14.2. The van der Waals surface area contributed by atoms with Crippen molar-refractivity contribution < 1.29 is 18.7 Å². The number of nitrogens with one attached hydrogen (secondary N) is 1. The van der Waals surface area contributed by atoms with Gasteiger partial charge in [0.15, 0.2) is 0 Å². The number of benzene rings is 2. The molecule has 2 aromatic rings. The smallest absolute Gasteiger partial charge is 0.337 e. The SMILES string of the molecule is COC(=O)c1cccc(CN2CCC3(CC2)C(=NC2CCCCC2)NC(=O)N3c2cccc(F)c2)c1. The number of urea groups is 1. The van der Waals surface area contributed by atoms with Gasteiger partial charge in [-0.05, 0) is 61.6 Å². The van der Waals surface area contributed by atoms with Gasteiger partial charge >= 0.3 is 12.0 Å². The fourth-order valence-corrected chi connectivity index (χ4v) is 5.81. The summed E-state index contributed by atoms with van der Waals surface area (Å²) >= 11 is 0. The van der Waals surface area contributed by atoms with E-state index in [2.05, 4.69) is 10.2 Å². The zero-order valence-corrected chi connectivity index (χ0v) is 20.7. The highest BCUT2D eigenvalue weighted by Gasteiger charge is 2.53. The van der Waals surface area contributed by atoms with E-state index in [9.17, 15) is 14.0 Å². The van der Waals surface area contributed by atoms with E-state index in [-0.39, 0.29) is 23.9 Å². The summed E-state index contributed by atoms with van der Waals surface area (Å²) in [7, 11) is 1.38. The molecular formula is C28H33FN4O3. The van der Waals surface area contributed by atoms with E-state index >= 15 is 0 Å². The molecule has 2 saturated heterocycles. The van der Waals surface area contributed by atoms with Crippen LogP contribution in [0.25, 0.3) is 0 Å². The Kier molecular flexibility index (Phi) is 7.05. The Bertz CT molecular complexity index is 1150. The molecule has 2 aliphatic heterocycles. The number of rotatable bonds is 5. The van der Waals surface area contributed by atoms with E-state index < -0.39 is 5.54 Å². The Labute approximate surface area is 211 Å². The standard InChI is InChI=1S/C28H33FN4O3/c1-36-25(34)21-8-5-7-20(17-21)19-32-15-13-28(14-16-32)26(30-23-10-3-2-4-11-23)31-27(35)33(28)24-12-6-9-22(29)18-24/h5-9,12,17-18,23H,2-4,10-11,13-16,19H2,1H3,(H,30,31,35). The van der Waals surface area contributed by atoms with E-state index in [4.69, 9.17) is 9.73 Å². The molecule has 2 aromatic carbocycles. The van der Waals surface area contributed by atoms with Gasteiger partial charge in [-0.15, -0.1) is 0 Å². The molecule has 190 valence electrons. The molecule has 3 aliphatic rings. The number of ether oxygens (including phenoxy) is 1. The molecule has 1 spiro atoms. The largest absolute Gasteiger partial charge is 0.465 e. The maximum Gasteiger partial charge on any atom is 0.337 e. The Hall–Kier alpha value is -3.26. The molecule has 2 amide bonds. The first-order valence-corrected chi connectivity index (χ1v) is 12.8. The predicted octanol–water partition coefficient (Wildman–Crippen LogP) is 4.91. The number of amidine groups is 1. The van der Waals surface area contributed by atoms with Gasteiger partial charge in [0, 0.05) is 25.3 Å². The summed E-state index contributed by atoms with van der Waals surface area (Å²) in [6.45, 7) is 2.18. The van der Waals surface area contributed by atoms with Crippen molar-refractivity contribution in [1.29, 1.82) is 0 Å². The molecule has 0 aromatic heterocycles. The van der Waals surface area contributed by atoms with Gasteiger partial charge in [0.05, 0.1) is 18.7 Å². The molecule has 1 saturated carbocycles. The monoisotopic (exact) mass is 492 g/mol. The van der Waals surface area contributed by atoms with E-state index in [1.54, 1.807) is 23.1 Å². The van der Waals surface area contributed by atoms with Gasteiger partial charge in [0.1, 0.15) is 17.2 Å². The van der Waals surface area contributed by atoms with Crippen molar-refractivity contribution in [2.45, 2.75) is 63.1 Å². The minimum absolute atomic E-state index is 0.220. The fraction of sp³-hybridized carbons (Fsp3) is 0.464. The van der Waals surface area contributed by atoms with Gasteiger partial charge < -0.3 is 4.74 Å². The van der Waals surface area contributed by atoms with Crippen LogP contribution in [0.5, 0.6) is 0 Å². The molecule has 3 fully saturated rings. The molecule has 5 rings (SSSR count). The summed E-state index contributed by atoms with van der Waals surface area (Å²) in [5.41, 5.74) is 1.51. The zero-order valence-electron chi connectivity index (χ0n) is 20.7. The number of nitrogens with zero attached hydrogens (tertiary/aromatic N) is 3. The number of hydrogen-bond donors (Lipinski definition) is 1. The summed E-state index contributed by atoms with van der Waals surface area (Å²) in [4.78, 5) is 34.3. The normalized spacial score (nSPS) is 21.7. The number of amides is 2. The zero-order chi connectivity index (χ0) is 25.1.